The Morgan fingerprint density at radius 2 is 1.97 bits per heavy atom. The molecule has 0 radical (unpaired) electrons. The zero-order valence-corrected chi connectivity index (χ0v) is 17.8. The molecule has 1 amide bonds. The lowest BCUT2D eigenvalue weighted by molar-refractivity contribution is 0.0613. The van der Waals surface area contributed by atoms with Crippen LogP contribution in [0.2, 0.25) is 0 Å². The molecule has 1 aliphatic carbocycles. The molecule has 2 aromatic heterocycles. The molecule has 8 heteroatoms. The van der Waals surface area contributed by atoms with Gasteiger partial charge >= 0.3 is 0 Å². The fourth-order valence-electron chi connectivity index (χ4n) is 4.73. The summed E-state index contributed by atoms with van der Waals surface area (Å²) in [7, 11) is 0. The molecule has 2 aromatic rings. The Labute approximate surface area is 177 Å². The van der Waals surface area contributed by atoms with Crippen molar-refractivity contribution in [2.24, 2.45) is 5.92 Å². The van der Waals surface area contributed by atoms with Crippen LogP contribution in [-0.4, -0.2) is 52.4 Å². The zero-order chi connectivity index (χ0) is 20.9. The van der Waals surface area contributed by atoms with E-state index < -0.39 is 0 Å². The second kappa shape index (κ2) is 9.75. The molecule has 8 nitrogen and oxygen atoms in total. The Hall–Kier alpha value is -2.19. The number of aromatic nitrogens is 3. The smallest absolute Gasteiger partial charge is 0.254 e. The fraction of sp³-hybridized carbons (Fsp3) is 0.682. The Bertz CT molecular complexity index is 800. The van der Waals surface area contributed by atoms with Crippen molar-refractivity contribution in [1.29, 1.82) is 0 Å². The Morgan fingerprint density at radius 1 is 1.17 bits per heavy atom. The third-order valence-electron chi connectivity index (χ3n) is 6.25. The van der Waals surface area contributed by atoms with Gasteiger partial charge in [0.2, 0.25) is 0 Å². The van der Waals surface area contributed by atoms with E-state index in [1.165, 1.54) is 44.6 Å². The number of carbonyl (C=O) groups excluding carboxylic acids is 1. The van der Waals surface area contributed by atoms with Gasteiger partial charge in [0.05, 0.1) is 36.8 Å². The average Bonchev–Trinajstić information content (AvgIpc) is 3.56. The quantitative estimate of drug-likeness (QED) is 0.805. The second-order valence-electron chi connectivity index (χ2n) is 8.15. The number of nitrogens with zero attached hydrogens (tertiary/aromatic N) is 3. The van der Waals surface area contributed by atoms with E-state index in [1.54, 1.807) is 6.07 Å². The highest BCUT2D eigenvalue weighted by atomic mass is 16.6. The highest BCUT2D eigenvalue weighted by molar-refractivity contribution is 5.94. The average molecular weight is 417 g/mol. The Balaban J connectivity index is 0.00000106. The van der Waals surface area contributed by atoms with Gasteiger partial charge < -0.3 is 19.2 Å². The van der Waals surface area contributed by atoms with Crippen LogP contribution in [0.25, 0.3) is 0 Å². The molecule has 0 spiro atoms. The van der Waals surface area contributed by atoms with Gasteiger partial charge in [0.25, 0.3) is 5.91 Å². The molecule has 3 fully saturated rings. The van der Waals surface area contributed by atoms with Gasteiger partial charge in [-0.1, -0.05) is 51.2 Å². The molecule has 4 atom stereocenters. The van der Waals surface area contributed by atoms with Gasteiger partial charge in [0.1, 0.15) is 24.5 Å². The first-order valence-corrected chi connectivity index (χ1v) is 11.2. The van der Waals surface area contributed by atoms with Gasteiger partial charge in [0, 0.05) is 6.20 Å². The third kappa shape index (κ3) is 4.44. The van der Waals surface area contributed by atoms with Crippen LogP contribution in [-0.2, 0) is 15.9 Å². The topological polar surface area (TPSA) is 91.4 Å². The van der Waals surface area contributed by atoms with Gasteiger partial charge in [0.15, 0.2) is 0 Å². The fourth-order valence-corrected chi connectivity index (χ4v) is 4.73. The minimum absolute atomic E-state index is 0.00608. The summed E-state index contributed by atoms with van der Waals surface area (Å²) in [5.41, 5.74) is 1.56. The van der Waals surface area contributed by atoms with Crippen LogP contribution in [0.1, 0.15) is 68.0 Å². The summed E-state index contributed by atoms with van der Waals surface area (Å²) in [5, 5.41) is 11.7. The molecule has 2 saturated heterocycles. The van der Waals surface area contributed by atoms with Crippen molar-refractivity contribution in [3.8, 4) is 0 Å². The maximum absolute atomic E-state index is 12.3. The van der Waals surface area contributed by atoms with Crippen LogP contribution in [0.15, 0.2) is 29.2 Å². The van der Waals surface area contributed by atoms with Gasteiger partial charge in [-0.2, -0.15) is 0 Å². The van der Waals surface area contributed by atoms with Crippen LogP contribution >= 0.6 is 0 Å². The van der Waals surface area contributed by atoms with Crippen LogP contribution in [0.4, 0.5) is 0 Å². The molecule has 30 heavy (non-hydrogen) atoms. The number of amides is 1. The number of rotatable bonds is 5. The van der Waals surface area contributed by atoms with E-state index in [-0.39, 0.29) is 30.2 Å². The normalized spacial score (nSPS) is 28.6. The maximum atomic E-state index is 12.3. The standard InChI is InChI=1S/C20H26N4O4.C2H6/c25-20(14-6-7-26-10-14)21-16-11-27-19-17(12-28-18(16)19)24-9-15(22-23-24)8-13-4-2-1-3-5-13;1-2/h6-7,9-10,13,16-19H,1-5,8,11-12H2,(H,21,25);1-2H3. The SMILES string of the molecule is CC.O=C(NC1COC2C1OCC2n1cc(CC2CCCCC2)nn1)c1ccoc1. The number of carbonyl (C=O) groups is 1. The molecule has 1 N–H and O–H groups in total. The summed E-state index contributed by atoms with van der Waals surface area (Å²) < 4.78 is 18.8. The van der Waals surface area contributed by atoms with Crippen molar-refractivity contribution in [3.05, 3.63) is 36.0 Å². The molecule has 5 rings (SSSR count). The first-order chi connectivity index (χ1) is 14.8. The predicted molar refractivity (Wildman–Crippen MR) is 110 cm³/mol. The molecule has 2 aliphatic heterocycles. The molecule has 4 unspecified atom stereocenters. The van der Waals surface area contributed by atoms with Crippen LogP contribution in [0, 0.1) is 5.92 Å². The van der Waals surface area contributed by atoms with Crippen molar-refractivity contribution in [3.63, 3.8) is 0 Å². The lowest BCUT2D eigenvalue weighted by Gasteiger charge is -2.20. The van der Waals surface area contributed by atoms with E-state index in [9.17, 15) is 4.79 Å². The number of hydrogen-bond donors (Lipinski definition) is 1. The Morgan fingerprint density at radius 3 is 2.73 bits per heavy atom. The molecule has 3 aliphatic rings. The summed E-state index contributed by atoms with van der Waals surface area (Å²) in [5.74, 6) is 0.558. The van der Waals surface area contributed by atoms with E-state index in [0.29, 0.717) is 18.8 Å². The van der Waals surface area contributed by atoms with Gasteiger partial charge in [-0.15, -0.1) is 5.10 Å². The van der Waals surface area contributed by atoms with Crippen molar-refractivity contribution in [1.82, 2.24) is 20.3 Å². The number of hydrogen-bond acceptors (Lipinski definition) is 6. The van der Waals surface area contributed by atoms with E-state index in [4.69, 9.17) is 13.9 Å². The molecule has 0 aromatic carbocycles. The highest BCUT2D eigenvalue weighted by Gasteiger charge is 2.49. The van der Waals surface area contributed by atoms with Gasteiger partial charge in [-0.3, -0.25) is 4.79 Å². The highest BCUT2D eigenvalue weighted by Crippen LogP contribution is 2.34. The summed E-state index contributed by atoms with van der Waals surface area (Å²) in [6.45, 7) is 4.94. The largest absolute Gasteiger partial charge is 0.472 e. The van der Waals surface area contributed by atoms with E-state index in [2.05, 4.69) is 15.6 Å². The maximum Gasteiger partial charge on any atom is 0.254 e. The van der Waals surface area contributed by atoms with Crippen molar-refractivity contribution in [2.45, 2.75) is 76.7 Å². The van der Waals surface area contributed by atoms with E-state index in [0.717, 1.165) is 18.0 Å². The number of fused-ring (bicyclic) bond motifs is 1. The minimum Gasteiger partial charge on any atom is -0.472 e. The number of furan rings is 1. The molecular weight excluding hydrogens is 384 g/mol. The molecule has 1 saturated carbocycles. The van der Waals surface area contributed by atoms with Gasteiger partial charge in [-0.25, -0.2) is 4.68 Å². The van der Waals surface area contributed by atoms with Crippen molar-refractivity contribution in [2.75, 3.05) is 13.2 Å². The first kappa shape index (κ1) is 21.1. The molecule has 164 valence electrons. The van der Waals surface area contributed by atoms with E-state index >= 15 is 0 Å². The monoisotopic (exact) mass is 416 g/mol. The molecular formula is C22H32N4O4. The van der Waals surface area contributed by atoms with Crippen LogP contribution in [0.3, 0.4) is 0 Å². The summed E-state index contributed by atoms with van der Waals surface area (Å²) in [6.07, 6.45) is 12.3. The van der Waals surface area contributed by atoms with Crippen molar-refractivity contribution >= 4 is 5.91 Å². The second-order valence-corrected chi connectivity index (χ2v) is 8.15. The predicted octanol–water partition coefficient (Wildman–Crippen LogP) is 3.16. The molecule has 0 bridgehead atoms. The first-order valence-electron chi connectivity index (χ1n) is 11.2. The summed E-state index contributed by atoms with van der Waals surface area (Å²) in [6, 6.07) is 1.46. The zero-order valence-electron chi connectivity index (χ0n) is 17.8. The van der Waals surface area contributed by atoms with Crippen molar-refractivity contribution < 1.29 is 18.7 Å². The Kier molecular flexibility index (Phi) is 6.84. The lowest BCUT2D eigenvalue weighted by atomic mass is 9.86. The lowest BCUT2D eigenvalue weighted by Crippen LogP contribution is -2.44. The minimum atomic E-state index is -0.178. The van der Waals surface area contributed by atoms with E-state index in [1.807, 2.05) is 24.7 Å². The van der Waals surface area contributed by atoms with Crippen LogP contribution < -0.4 is 5.32 Å². The summed E-state index contributed by atoms with van der Waals surface area (Å²) >= 11 is 0. The number of ether oxygens (including phenoxy) is 2. The summed E-state index contributed by atoms with van der Waals surface area (Å²) in [4.78, 5) is 12.3. The number of nitrogens with one attached hydrogen (secondary N) is 1. The molecule has 4 heterocycles. The van der Waals surface area contributed by atoms with Crippen LogP contribution in [0.5, 0.6) is 0 Å². The van der Waals surface area contributed by atoms with Gasteiger partial charge in [-0.05, 0) is 18.4 Å². The third-order valence-corrected chi connectivity index (χ3v) is 6.25.